The highest BCUT2D eigenvalue weighted by atomic mass is 19.1. The van der Waals surface area contributed by atoms with Gasteiger partial charge in [0.15, 0.2) is 5.60 Å². The Hall–Kier alpha value is -8.03. The van der Waals surface area contributed by atoms with E-state index in [0.717, 1.165) is 33.6 Å². The summed E-state index contributed by atoms with van der Waals surface area (Å²) in [5, 5.41) is 26.0. The number of hydrogen-bond donors (Lipinski definition) is 6. The smallest absolute Gasteiger partial charge is 0.343 e. The first-order valence-electron chi connectivity index (χ1n) is 26.8. The molecule has 4 aromatic rings. The van der Waals surface area contributed by atoms with Crippen LogP contribution in [0, 0.1) is 18.7 Å². The van der Waals surface area contributed by atoms with Crippen molar-refractivity contribution >= 4 is 63.9 Å². The number of aryl methyl sites for hydroxylation is 1. The molecule has 81 heavy (non-hydrogen) atoms. The molecule has 0 unspecified atom stereocenters. The number of carbonyl (C=O) groups excluding carboxylic acids is 9. The molecule has 5 heterocycles. The molecule has 1 aliphatic carbocycles. The number of pyridine rings is 1. The van der Waals surface area contributed by atoms with E-state index in [-0.39, 0.29) is 88.8 Å². The van der Waals surface area contributed by atoms with Crippen molar-refractivity contribution in [1.29, 1.82) is 0 Å². The Labute approximate surface area is 463 Å². The molecule has 3 aromatic carbocycles. The summed E-state index contributed by atoms with van der Waals surface area (Å²) in [5.74, 6) is -6.04. The Balaban J connectivity index is 0.736. The third kappa shape index (κ3) is 12.8. The van der Waals surface area contributed by atoms with Crippen molar-refractivity contribution in [2.24, 2.45) is 5.92 Å². The van der Waals surface area contributed by atoms with E-state index in [9.17, 15) is 53.1 Å². The van der Waals surface area contributed by atoms with Gasteiger partial charge in [0, 0.05) is 55.8 Å². The van der Waals surface area contributed by atoms with Gasteiger partial charge in [-0.3, -0.25) is 53.0 Å². The largest absolute Gasteiger partial charge is 0.458 e. The van der Waals surface area contributed by atoms with Gasteiger partial charge >= 0.3 is 5.97 Å². The van der Waals surface area contributed by atoms with Crippen LogP contribution in [-0.4, -0.2) is 158 Å². The summed E-state index contributed by atoms with van der Waals surface area (Å²) in [6.45, 7) is 2.20. The Morgan fingerprint density at radius 1 is 0.864 bits per heavy atom. The van der Waals surface area contributed by atoms with Crippen LogP contribution in [0.1, 0.15) is 71.2 Å². The second-order valence-corrected chi connectivity index (χ2v) is 20.5. The molecular weight excluding hydrogens is 1060 g/mol. The SMILES string of the molecule is CC[C@@]1(O)C(=O)OCc2c1cc1n(c2=O)Cc2c-1cc1cc(F)c(C)c3c1c2[C@@H](NC(=O)COCNC(=O)CNC(=O)[C@H](Cc1ccccc1)NC(=O)CNC(=O)CN1CCOCC(C(=O)CCN2C(=O)C=CC2=O)COCC1)CC3. The average Bonchev–Trinajstić information content (AvgIpc) is 4.12. The average molecular weight is 1120 g/mol. The molecule has 3 atom stereocenters. The zero-order chi connectivity index (χ0) is 57.5. The second-order valence-electron chi connectivity index (χ2n) is 20.5. The van der Waals surface area contributed by atoms with Gasteiger partial charge in [0.25, 0.3) is 17.4 Å². The molecule has 9 rings (SSSR count). The molecule has 0 radical (unpaired) electrons. The molecule has 428 valence electrons. The molecule has 23 nitrogen and oxygen atoms in total. The summed E-state index contributed by atoms with van der Waals surface area (Å²) in [6, 6.07) is 11.9. The topological polar surface area (TPSA) is 299 Å². The summed E-state index contributed by atoms with van der Waals surface area (Å²) in [7, 11) is 0. The number of imide groups is 1. The number of halogens is 1. The number of hydrogen-bond acceptors (Lipinski definition) is 16. The monoisotopic (exact) mass is 1120 g/mol. The van der Waals surface area contributed by atoms with Crippen molar-refractivity contribution in [1.82, 2.24) is 41.0 Å². The summed E-state index contributed by atoms with van der Waals surface area (Å²) >= 11 is 0. The van der Waals surface area contributed by atoms with Crippen LogP contribution in [0.25, 0.3) is 22.0 Å². The number of ketones is 1. The van der Waals surface area contributed by atoms with Gasteiger partial charge in [0.2, 0.25) is 29.5 Å². The minimum absolute atomic E-state index is 0.0306. The molecular formula is C57H63FN8O15. The molecule has 1 fully saturated rings. The summed E-state index contributed by atoms with van der Waals surface area (Å²) in [6.07, 6.45) is 3.13. The van der Waals surface area contributed by atoms with Crippen LogP contribution in [-0.2, 0) is 93.7 Å². The fourth-order valence-corrected chi connectivity index (χ4v) is 10.9. The number of aromatic nitrogens is 1. The van der Waals surface area contributed by atoms with E-state index in [0.29, 0.717) is 59.3 Å². The lowest BCUT2D eigenvalue weighted by atomic mass is 9.79. The van der Waals surface area contributed by atoms with Crippen LogP contribution in [0.3, 0.4) is 0 Å². The van der Waals surface area contributed by atoms with E-state index in [1.54, 1.807) is 61.2 Å². The van der Waals surface area contributed by atoms with Gasteiger partial charge in [-0.25, -0.2) is 9.18 Å². The molecule has 7 amide bonds. The zero-order valence-electron chi connectivity index (χ0n) is 44.8. The first-order chi connectivity index (χ1) is 38.9. The third-order valence-corrected chi connectivity index (χ3v) is 15.4. The number of aliphatic hydroxyl groups is 1. The summed E-state index contributed by atoms with van der Waals surface area (Å²) in [4.78, 5) is 132. The number of rotatable bonds is 20. The van der Waals surface area contributed by atoms with E-state index < -0.39 is 109 Å². The second kappa shape index (κ2) is 25.2. The van der Waals surface area contributed by atoms with Gasteiger partial charge in [-0.05, 0) is 83.0 Å². The number of carbonyl (C=O) groups is 9. The first-order valence-corrected chi connectivity index (χ1v) is 26.8. The van der Waals surface area contributed by atoms with Crippen molar-refractivity contribution in [2.75, 3.05) is 79.0 Å². The lowest BCUT2D eigenvalue weighted by Gasteiger charge is -2.31. The molecule has 4 aliphatic heterocycles. The predicted octanol–water partition coefficient (Wildman–Crippen LogP) is 0.135. The number of Topliss-reactive ketones (excluding diaryl/α,β-unsaturated/α-hetero) is 1. The number of amides is 7. The number of nitrogens with one attached hydrogen (secondary N) is 5. The Morgan fingerprint density at radius 2 is 1.58 bits per heavy atom. The highest BCUT2D eigenvalue weighted by molar-refractivity contribution is 6.13. The van der Waals surface area contributed by atoms with E-state index in [2.05, 4.69) is 26.6 Å². The van der Waals surface area contributed by atoms with Crippen LogP contribution in [0.5, 0.6) is 0 Å². The van der Waals surface area contributed by atoms with Crippen LogP contribution in [0.15, 0.2) is 65.5 Å². The molecule has 0 spiro atoms. The van der Waals surface area contributed by atoms with E-state index in [1.807, 2.05) is 0 Å². The maximum absolute atomic E-state index is 15.4. The van der Waals surface area contributed by atoms with Crippen molar-refractivity contribution in [3.63, 3.8) is 0 Å². The van der Waals surface area contributed by atoms with E-state index >= 15 is 4.39 Å². The summed E-state index contributed by atoms with van der Waals surface area (Å²) in [5.41, 5.74) is 2.32. The van der Waals surface area contributed by atoms with Crippen molar-refractivity contribution in [2.45, 2.75) is 76.8 Å². The predicted molar refractivity (Wildman–Crippen MR) is 285 cm³/mol. The van der Waals surface area contributed by atoms with Gasteiger partial charge in [-0.1, -0.05) is 37.3 Å². The van der Waals surface area contributed by atoms with E-state index in [1.165, 1.54) is 10.6 Å². The maximum atomic E-state index is 15.4. The highest BCUT2D eigenvalue weighted by Crippen LogP contribution is 2.47. The highest BCUT2D eigenvalue weighted by Gasteiger charge is 2.46. The molecule has 24 heteroatoms. The molecule has 0 bridgehead atoms. The van der Waals surface area contributed by atoms with E-state index in [4.69, 9.17) is 18.9 Å². The molecule has 5 aliphatic rings. The fourth-order valence-electron chi connectivity index (χ4n) is 10.9. The normalized spacial score (nSPS) is 19.2. The molecule has 1 saturated heterocycles. The van der Waals surface area contributed by atoms with Crippen molar-refractivity contribution in [3.8, 4) is 11.3 Å². The molecule has 6 N–H and O–H groups in total. The van der Waals surface area contributed by atoms with Crippen LogP contribution in [0.2, 0.25) is 0 Å². The number of esters is 1. The number of cyclic esters (lactones) is 1. The van der Waals surface area contributed by atoms with Gasteiger partial charge in [0.05, 0.1) is 75.8 Å². The van der Waals surface area contributed by atoms with Crippen LogP contribution in [0.4, 0.5) is 4.39 Å². The van der Waals surface area contributed by atoms with Crippen LogP contribution < -0.4 is 32.1 Å². The number of benzene rings is 3. The zero-order valence-corrected chi connectivity index (χ0v) is 44.8. The quantitative estimate of drug-likeness (QED) is 0.0261. The number of ether oxygens (including phenoxy) is 4. The first kappa shape index (κ1) is 57.6. The Bertz CT molecular complexity index is 3260. The van der Waals surface area contributed by atoms with Gasteiger partial charge in [-0.2, -0.15) is 0 Å². The standard InChI is InChI=1S/C57H63FN8O15/c1-3-57(77)40-22-44-37-20-34-21-41(58)32(2)36-9-10-42(53(52(34)36)38(37)25-66(44)55(75)39(40)29-81-56(57)76)62-49(71)30-80-31-61-46(68)23-60-54(74)43(19-33-7-5-4-6-8-33)63-47(69)24-59-48(70)26-64-15-17-78-27-35(28-79-18-16-64)45(67)13-14-65-50(72)11-12-51(65)73/h4-8,11-12,20-22,35,42-43,77H,3,9-10,13-19,23-31H2,1-2H3,(H,59,70)(H,60,74)(H,61,68)(H,62,71)(H,63,69)/t42-,43-,57-/m0/s1. The van der Waals surface area contributed by atoms with Gasteiger partial charge in [0.1, 0.15) is 37.6 Å². The minimum Gasteiger partial charge on any atom is -0.458 e. The minimum atomic E-state index is -2.03. The molecule has 1 aromatic heterocycles. The third-order valence-electron chi connectivity index (χ3n) is 15.4. The van der Waals surface area contributed by atoms with Crippen LogP contribution >= 0.6 is 0 Å². The van der Waals surface area contributed by atoms with Gasteiger partial charge in [-0.15, -0.1) is 0 Å². The van der Waals surface area contributed by atoms with Crippen molar-refractivity contribution < 1.29 is 71.6 Å². The maximum Gasteiger partial charge on any atom is 0.343 e. The Morgan fingerprint density at radius 3 is 2.30 bits per heavy atom. The summed E-state index contributed by atoms with van der Waals surface area (Å²) < 4.78 is 39.2. The molecule has 0 saturated carbocycles. The lowest BCUT2D eigenvalue weighted by molar-refractivity contribution is -0.172. The van der Waals surface area contributed by atoms with Crippen molar-refractivity contribution in [3.05, 3.63) is 116 Å². The Kier molecular flexibility index (Phi) is 17.9. The van der Waals surface area contributed by atoms with Gasteiger partial charge < -0.3 is 55.2 Å². The number of nitrogens with zero attached hydrogens (tertiary/aromatic N) is 3. The fraction of sp³-hybridized carbons (Fsp3) is 0.439. The lowest BCUT2D eigenvalue weighted by Crippen LogP contribution is -2.52. The number of fused-ring (bicyclic) bond motifs is 5.